The van der Waals surface area contributed by atoms with Crippen LogP contribution in [0.1, 0.15) is 32.6 Å². The Hall–Kier alpha value is -2.49. The number of nitrogens with one attached hydrogen (secondary N) is 2. The van der Waals surface area contributed by atoms with Gasteiger partial charge in [-0.2, -0.15) is 0 Å². The monoisotopic (exact) mass is 482 g/mol. The van der Waals surface area contributed by atoms with E-state index in [2.05, 4.69) is 38.1 Å². The van der Waals surface area contributed by atoms with E-state index >= 15 is 0 Å². The number of piperidine rings is 1. The Kier molecular flexibility index (Phi) is 6.44. The van der Waals surface area contributed by atoms with Gasteiger partial charge >= 0.3 is 6.09 Å². The van der Waals surface area contributed by atoms with Crippen molar-refractivity contribution in [3.05, 3.63) is 35.2 Å². The van der Waals surface area contributed by atoms with Gasteiger partial charge in [-0.15, -0.1) is 6.58 Å². The van der Waals surface area contributed by atoms with Crippen molar-refractivity contribution >= 4 is 39.7 Å². The van der Waals surface area contributed by atoms with E-state index in [1.54, 1.807) is 6.08 Å². The summed E-state index contributed by atoms with van der Waals surface area (Å²) in [7, 11) is 0. The van der Waals surface area contributed by atoms with E-state index in [1.165, 1.54) is 0 Å². The molecule has 0 radical (unpaired) electrons. The standard InChI is InChI=1S/C20H24BrFN4O4/c1-3-4-5-11(2)17(27)23-10-20-8-13(26(19(29)30)14(20)9-20)18(28)25-16-7-12(22)6-15(21)24-16/h3,6-7,11,13-14H,1,4-5,8-10H2,2H3,(H,23,27)(H,29,30)(H,24,25,28). The third kappa shape index (κ3) is 4.63. The van der Waals surface area contributed by atoms with Crippen LogP contribution in [0.5, 0.6) is 0 Å². The lowest BCUT2D eigenvalue weighted by Gasteiger charge is -2.23. The summed E-state index contributed by atoms with van der Waals surface area (Å²) in [6.07, 6.45) is 2.87. The average Bonchev–Trinajstić information content (AvgIpc) is 3.26. The first kappa shape index (κ1) is 22.2. The molecule has 2 fully saturated rings. The minimum Gasteiger partial charge on any atom is -0.465 e. The summed E-state index contributed by atoms with van der Waals surface area (Å²) >= 11 is 3.06. The second-order valence-electron chi connectivity index (χ2n) is 7.96. The minimum absolute atomic E-state index is 0.00353. The van der Waals surface area contributed by atoms with Gasteiger partial charge in [-0.05, 0) is 41.6 Å². The molecule has 4 atom stereocenters. The molecule has 4 unspecified atom stereocenters. The SMILES string of the molecule is C=CCCC(C)C(=O)NCC12CC(C(=O)Nc3cc(F)cc(Br)n3)N(C(=O)O)C1C2. The van der Waals surface area contributed by atoms with Crippen LogP contribution >= 0.6 is 15.9 Å². The molecule has 0 spiro atoms. The number of hydrogen-bond acceptors (Lipinski definition) is 4. The molecule has 162 valence electrons. The molecule has 1 aliphatic heterocycles. The molecule has 8 nitrogen and oxygen atoms in total. The van der Waals surface area contributed by atoms with Gasteiger partial charge in [0.05, 0.1) is 0 Å². The van der Waals surface area contributed by atoms with Gasteiger partial charge < -0.3 is 15.7 Å². The Balaban J connectivity index is 1.65. The van der Waals surface area contributed by atoms with Gasteiger partial charge in [-0.3, -0.25) is 14.5 Å². The largest absolute Gasteiger partial charge is 0.465 e. The van der Waals surface area contributed by atoms with Gasteiger partial charge in [0.1, 0.15) is 22.3 Å². The highest BCUT2D eigenvalue weighted by atomic mass is 79.9. The van der Waals surface area contributed by atoms with Crippen LogP contribution in [-0.4, -0.2) is 51.5 Å². The number of anilines is 1. The second-order valence-corrected chi connectivity index (χ2v) is 8.77. The number of nitrogens with zero attached hydrogens (tertiary/aromatic N) is 2. The predicted octanol–water partition coefficient (Wildman–Crippen LogP) is 3.15. The number of allylic oxidation sites excluding steroid dienone is 1. The zero-order valence-electron chi connectivity index (χ0n) is 16.5. The summed E-state index contributed by atoms with van der Waals surface area (Å²) < 4.78 is 13.8. The van der Waals surface area contributed by atoms with Crippen molar-refractivity contribution < 1.29 is 23.9 Å². The van der Waals surface area contributed by atoms with Crippen LogP contribution in [0, 0.1) is 17.2 Å². The molecule has 1 aliphatic carbocycles. The fraction of sp³-hybridized carbons (Fsp3) is 0.500. The molecular weight excluding hydrogens is 459 g/mol. The molecule has 3 rings (SSSR count). The van der Waals surface area contributed by atoms with Crippen LogP contribution in [0.2, 0.25) is 0 Å². The maximum absolute atomic E-state index is 13.5. The van der Waals surface area contributed by atoms with E-state index in [0.29, 0.717) is 19.4 Å². The highest BCUT2D eigenvalue weighted by Crippen LogP contribution is 2.59. The van der Waals surface area contributed by atoms with Gasteiger partial charge in [-0.25, -0.2) is 14.2 Å². The average molecular weight is 483 g/mol. The summed E-state index contributed by atoms with van der Waals surface area (Å²) in [5, 5.41) is 15.0. The molecule has 1 saturated heterocycles. The third-order valence-corrected chi connectivity index (χ3v) is 6.22. The molecule has 1 saturated carbocycles. The predicted molar refractivity (Wildman–Crippen MR) is 111 cm³/mol. The van der Waals surface area contributed by atoms with Gasteiger partial charge in [0.25, 0.3) is 0 Å². The Morgan fingerprint density at radius 3 is 2.83 bits per heavy atom. The van der Waals surface area contributed by atoms with E-state index in [4.69, 9.17) is 0 Å². The summed E-state index contributed by atoms with van der Waals surface area (Å²) in [6.45, 7) is 5.79. The number of carboxylic acid groups (broad SMARTS) is 1. The summed E-state index contributed by atoms with van der Waals surface area (Å²) in [5.41, 5.74) is -0.454. The summed E-state index contributed by atoms with van der Waals surface area (Å²) in [5.74, 6) is -1.43. The molecular formula is C20H24BrFN4O4. The topological polar surface area (TPSA) is 112 Å². The molecule has 1 aromatic heterocycles. The smallest absolute Gasteiger partial charge is 0.408 e. The highest BCUT2D eigenvalue weighted by molar-refractivity contribution is 9.10. The van der Waals surface area contributed by atoms with Gasteiger partial charge in [0.15, 0.2) is 0 Å². The van der Waals surface area contributed by atoms with E-state index in [9.17, 15) is 23.9 Å². The van der Waals surface area contributed by atoms with Crippen LogP contribution in [0.15, 0.2) is 29.4 Å². The molecule has 10 heteroatoms. The van der Waals surface area contributed by atoms with Crippen molar-refractivity contribution in [2.75, 3.05) is 11.9 Å². The maximum Gasteiger partial charge on any atom is 0.408 e. The van der Waals surface area contributed by atoms with Crippen LogP contribution in [-0.2, 0) is 9.59 Å². The molecule has 2 heterocycles. The van der Waals surface area contributed by atoms with Gasteiger partial charge in [0.2, 0.25) is 11.8 Å². The quantitative estimate of drug-likeness (QED) is 0.389. The Labute approximate surface area is 182 Å². The van der Waals surface area contributed by atoms with Crippen molar-refractivity contribution in [2.24, 2.45) is 11.3 Å². The number of pyridine rings is 1. The number of amides is 3. The number of carbonyl (C=O) groups is 3. The van der Waals surface area contributed by atoms with Crippen molar-refractivity contribution in [3.8, 4) is 0 Å². The van der Waals surface area contributed by atoms with E-state index in [1.807, 2.05) is 6.92 Å². The number of fused-ring (bicyclic) bond motifs is 1. The van der Waals surface area contributed by atoms with Crippen molar-refractivity contribution in [3.63, 3.8) is 0 Å². The second kappa shape index (κ2) is 8.71. The molecule has 3 amide bonds. The fourth-order valence-electron chi connectivity index (χ4n) is 4.06. The lowest BCUT2D eigenvalue weighted by Crippen LogP contribution is -2.45. The first-order valence-corrected chi connectivity index (χ1v) is 10.5. The van der Waals surface area contributed by atoms with Crippen molar-refractivity contribution in [1.29, 1.82) is 0 Å². The third-order valence-electron chi connectivity index (χ3n) is 5.82. The Morgan fingerprint density at radius 1 is 1.47 bits per heavy atom. The van der Waals surface area contributed by atoms with E-state index < -0.39 is 29.3 Å². The number of likely N-dealkylation sites (tertiary alicyclic amines) is 1. The van der Waals surface area contributed by atoms with Crippen molar-refractivity contribution in [1.82, 2.24) is 15.2 Å². The van der Waals surface area contributed by atoms with E-state index in [-0.39, 0.29) is 34.7 Å². The molecule has 1 aromatic rings. The molecule has 0 aromatic carbocycles. The van der Waals surface area contributed by atoms with Crippen LogP contribution in [0.25, 0.3) is 0 Å². The van der Waals surface area contributed by atoms with Crippen LogP contribution < -0.4 is 10.6 Å². The lowest BCUT2D eigenvalue weighted by molar-refractivity contribution is -0.124. The normalized spacial score (nSPS) is 25.2. The summed E-state index contributed by atoms with van der Waals surface area (Å²) in [4.78, 5) is 41.9. The molecule has 30 heavy (non-hydrogen) atoms. The Bertz CT molecular complexity index is 862. The molecule has 0 bridgehead atoms. The fourth-order valence-corrected chi connectivity index (χ4v) is 4.47. The maximum atomic E-state index is 13.5. The van der Waals surface area contributed by atoms with Crippen LogP contribution in [0.3, 0.4) is 0 Å². The summed E-state index contributed by atoms with van der Waals surface area (Å²) in [6, 6.07) is 0.948. The first-order valence-electron chi connectivity index (χ1n) is 9.70. The van der Waals surface area contributed by atoms with Crippen molar-refractivity contribution in [2.45, 2.75) is 44.7 Å². The lowest BCUT2D eigenvalue weighted by atomic mass is 9.98. The number of halogens is 2. The number of rotatable bonds is 8. The number of hydrogen-bond donors (Lipinski definition) is 3. The van der Waals surface area contributed by atoms with E-state index in [0.717, 1.165) is 23.5 Å². The minimum atomic E-state index is -1.20. The number of carbonyl (C=O) groups excluding carboxylic acids is 2. The number of aromatic nitrogens is 1. The zero-order chi connectivity index (χ0) is 22.1. The Morgan fingerprint density at radius 2 is 2.20 bits per heavy atom. The zero-order valence-corrected chi connectivity index (χ0v) is 18.1. The first-order chi connectivity index (χ1) is 14.2. The van der Waals surface area contributed by atoms with Crippen LogP contribution in [0.4, 0.5) is 15.0 Å². The molecule has 2 aliphatic rings. The molecule has 3 N–H and O–H groups in total. The highest BCUT2D eigenvalue weighted by Gasteiger charge is 2.67. The van der Waals surface area contributed by atoms with Gasteiger partial charge in [0, 0.05) is 36.1 Å². The van der Waals surface area contributed by atoms with Gasteiger partial charge in [-0.1, -0.05) is 13.0 Å².